The van der Waals surface area contributed by atoms with Crippen molar-refractivity contribution < 1.29 is 20.1 Å². The number of hydrogen-bond acceptors (Lipinski definition) is 5. The molecule has 6 nitrogen and oxygen atoms in total. The third-order valence-electron chi connectivity index (χ3n) is 3.64. The van der Waals surface area contributed by atoms with Crippen LogP contribution < -0.4 is 10.6 Å². The summed E-state index contributed by atoms with van der Waals surface area (Å²) < 4.78 is 0. The van der Waals surface area contributed by atoms with Gasteiger partial charge in [-0.2, -0.15) is 0 Å². The average molecular weight is 280 g/mol. The van der Waals surface area contributed by atoms with E-state index in [1.807, 2.05) is 6.07 Å². The Kier molecular flexibility index (Phi) is 4.72. The molecule has 1 aliphatic heterocycles. The highest BCUT2D eigenvalue weighted by Crippen LogP contribution is 2.16. The molecular formula is C14H20N2O4. The Morgan fingerprint density at radius 2 is 1.90 bits per heavy atom. The number of fused-ring (bicyclic) bond motifs is 1. The summed E-state index contributed by atoms with van der Waals surface area (Å²) in [6.45, 7) is 0.0670. The zero-order chi connectivity index (χ0) is 14.6. The van der Waals surface area contributed by atoms with Gasteiger partial charge in [0.1, 0.15) is 5.54 Å². The summed E-state index contributed by atoms with van der Waals surface area (Å²) in [6, 6.07) is 5.44. The molecule has 0 spiro atoms. The van der Waals surface area contributed by atoms with Gasteiger partial charge in [0.25, 0.3) is 5.91 Å². The molecule has 0 saturated heterocycles. The van der Waals surface area contributed by atoms with Crippen molar-refractivity contribution in [1.82, 2.24) is 10.6 Å². The second-order valence-corrected chi connectivity index (χ2v) is 5.12. The Morgan fingerprint density at radius 1 is 1.20 bits per heavy atom. The van der Waals surface area contributed by atoms with Crippen LogP contribution in [-0.4, -0.2) is 53.1 Å². The van der Waals surface area contributed by atoms with Gasteiger partial charge in [-0.25, -0.2) is 0 Å². The highest BCUT2D eigenvalue weighted by molar-refractivity contribution is 5.95. The molecule has 20 heavy (non-hydrogen) atoms. The van der Waals surface area contributed by atoms with Crippen molar-refractivity contribution in [2.75, 3.05) is 26.4 Å². The number of aliphatic hydroxyl groups is 3. The van der Waals surface area contributed by atoms with Crippen LogP contribution in [0, 0.1) is 0 Å². The monoisotopic (exact) mass is 280 g/mol. The molecule has 0 aliphatic carbocycles. The number of nitrogens with one attached hydrogen (secondary N) is 2. The Hall–Kier alpha value is -1.47. The van der Waals surface area contributed by atoms with Crippen LogP contribution in [0.3, 0.4) is 0 Å². The third kappa shape index (κ3) is 2.99. The molecule has 110 valence electrons. The van der Waals surface area contributed by atoms with E-state index < -0.39 is 31.3 Å². The zero-order valence-corrected chi connectivity index (χ0v) is 11.2. The Balaban J connectivity index is 2.17. The van der Waals surface area contributed by atoms with Crippen LogP contribution in [0.15, 0.2) is 18.2 Å². The van der Waals surface area contributed by atoms with E-state index in [1.165, 1.54) is 5.56 Å². The largest absolute Gasteiger partial charge is 0.394 e. The first-order chi connectivity index (χ1) is 9.64. The predicted molar refractivity (Wildman–Crippen MR) is 73.3 cm³/mol. The van der Waals surface area contributed by atoms with Gasteiger partial charge in [-0.05, 0) is 36.2 Å². The van der Waals surface area contributed by atoms with Gasteiger partial charge in [0.05, 0.1) is 19.8 Å². The molecule has 0 aromatic heterocycles. The molecular weight excluding hydrogens is 260 g/mol. The van der Waals surface area contributed by atoms with Gasteiger partial charge in [-0.3, -0.25) is 4.79 Å². The fraction of sp³-hybridized carbons (Fsp3) is 0.500. The van der Waals surface area contributed by atoms with Crippen molar-refractivity contribution in [3.63, 3.8) is 0 Å². The number of amides is 1. The molecule has 5 N–H and O–H groups in total. The minimum absolute atomic E-state index is 0.421. The van der Waals surface area contributed by atoms with Crippen LogP contribution in [0.1, 0.15) is 21.5 Å². The summed E-state index contributed by atoms with van der Waals surface area (Å²) in [4.78, 5) is 12.2. The maximum absolute atomic E-state index is 12.2. The van der Waals surface area contributed by atoms with Crippen LogP contribution in [-0.2, 0) is 13.0 Å². The molecule has 1 aromatic carbocycles. The number of benzene rings is 1. The summed E-state index contributed by atoms with van der Waals surface area (Å²) in [5.41, 5.74) is 1.35. The number of rotatable bonds is 5. The lowest BCUT2D eigenvalue weighted by atomic mass is 9.97. The van der Waals surface area contributed by atoms with Crippen LogP contribution >= 0.6 is 0 Å². The normalized spacial score (nSPS) is 14.8. The lowest BCUT2D eigenvalue weighted by Gasteiger charge is -2.29. The molecule has 0 saturated carbocycles. The van der Waals surface area contributed by atoms with E-state index in [0.29, 0.717) is 5.56 Å². The topological polar surface area (TPSA) is 102 Å². The van der Waals surface area contributed by atoms with Gasteiger partial charge in [0.15, 0.2) is 0 Å². The van der Waals surface area contributed by atoms with E-state index in [1.54, 1.807) is 12.1 Å². The standard InChI is InChI=1S/C14H20N2O4/c17-7-14(8-18,9-19)16-13(20)11-2-1-10-3-4-15-6-12(10)5-11/h1-2,5,15,17-19H,3-4,6-9H2,(H,16,20). The van der Waals surface area contributed by atoms with Crippen LogP contribution in [0.25, 0.3) is 0 Å². The second-order valence-electron chi connectivity index (χ2n) is 5.12. The number of carbonyl (C=O) groups is 1. The van der Waals surface area contributed by atoms with Crippen molar-refractivity contribution in [3.05, 3.63) is 34.9 Å². The third-order valence-corrected chi connectivity index (χ3v) is 3.64. The molecule has 0 unspecified atom stereocenters. The van der Waals surface area contributed by atoms with Crippen molar-refractivity contribution in [2.45, 2.75) is 18.5 Å². The highest BCUT2D eigenvalue weighted by Gasteiger charge is 2.30. The highest BCUT2D eigenvalue weighted by atomic mass is 16.3. The molecule has 1 amide bonds. The summed E-state index contributed by atoms with van der Waals surface area (Å²) in [5, 5.41) is 33.4. The van der Waals surface area contributed by atoms with Crippen molar-refractivity contribution in [2.24, 2.45) is 0 Å². The zero-order valence-electron chi connectivity index (χ0n) is 11.2. The SMILES string of the molecule is O=C(NC(CO)(CO)CO)c1ccc2c(c1)CNCC2. The van der Waals surface area contributed by atoms with Crippen molar-refractivity contribution >= 4 is 5.91 Å². The fourth-order valence-electron chi connectivity index (χ4n) is 2.20. The minimum atomic E-state index is -1.40. The molecule has 1 heterocycles. The number of carbonyl (C=O) groups excluding carboxylic acids is 1. The number of hydrogen-bond donors (Lipinski definition) is 5. The molecule has 0 radical (unpaired) electrons. The Bertz CT molecular complexity index is 478. The van der Waals surface area contributed by atoms with E-state index in [0.717, 1.165) is 25.1 Å². The quantitative estimate of drug-likeness (QED) is 0.465. The fourth-order valence-corrected chi connectivity index (χ4v) is 2.20. The molecule has 2 rings (SSSR count). The minimum Gasteiger partial charge on any atom is -0.394 e. The first-order valence-corrected chi connectivity index (χ1v) is 6.62. The van der Waals surface area contributed by atoms with E-state index in [4.69, 9.17) is 0 Å². The van der Waals surface area contributed by atoms with E-state index >= 15 is 0 Å². The van der Waals surface area contributed by atoms with Gasteiger partial charge in [0.2, 0.25) is 0 Å². The molecule has 0 fully saturated rings. The van der Waals surface area contributed by atoms with Crippen LogP contribution in [0.2, 0.25) is 0 Å². The summed E-state index contributed by atoms with van der Waals surface area (Å²) >= 11 is 0. The Morgan fingerprint density at radius 3 is 2.55 bits per heavy atom. The molecule has 0 bridgehead atoms. The molecule has 1 aromatic rings. The van der Waals surface area contributed by atoms with E-state index in [9.17, 15) is 20.1 Å². The predicted octanol–water partition coefficient (Wildman–Crippen LogP) is -1.22. The van der Waals surface area contributed by atoms with Crippen molar-refractivity contribution in [3.8, 4) is 0 Å². The summed E-state index contributed by atoms with van der Waals surface area (Å²) in [5.74, 6) is -0.421. The van der Waals surface area contributed by atoms with Crippen molar-refractivity contribution in [1.29, 1.82) is 0 Å². The van der Waals surface area contributed by atoms with Crippen LogP contribution in [0.5, 0.6) is 0 Å². The maximum Gasteiger partial charge on any atom is 0.251 e. The lowest BCUT2D eigenvalue weighted by Crippen LogP contribution is -2.57. The average Bonchev–Trinajstić information content (AvgIpc) is 2.52. The lowest BCUT2D eigenvalue weighted by molar-refractivity contribution is 0.0375. The molecule has 0 atom stereocenters. The van der Waals surface area contributed by atoms with E-state index in [2.05, 4.69) is 10.6 Å². The maximum atomic E-state index is 12.2. The molecule has 1 aliphatic rings. The van der Waals surface area contributed by atoms with E-state index in [-0.39, 0.29) is 0 Å². The van der Waals surface area contributed by atoms with Gasteiger partial charge in [-0.1, -0.05) is 6.07 Å². The van der Waals surface area contributed by atoms with Gasteiger partial charge in [-0.15, -0.1) is 0 Å². The first-order valence-electron chi connectivity index (χ1n) is 6.62. The Labute approximate surface area is 117 Å². The van der Waals surface area contributed by atoms with Gasteiger partial charge in [0, 0.05) is 12.1 Å². The van der Waals surface area contributed by atoms with Gasteiger partial charge >= 0.3 is 0 Å². The van der Waals surface area contributed by atoms with Gasteiger partial charge < -0.3 is 26.0 Å². The molecule has 6 heteroatoms. The van der Waals surface area contributed by atoms with Crippen LogP contribution in [0.4, 0.5) is 0 Å². The first kappa shape index (κ1) is 14.9. The second kappa shape index (κ2) is 6.32. The number of aliphatic hydroxyl groups excluding tert-OH is 3. The summed E-state index contributed by atoms with van der Waals surface area (Å²) in [7, 11) is 0. The summed E-state index contributed by atoms with van der Waals surface area (Å²) in [6.07, 6.45) is 0.936. The smallest absolute Gasteiger partial charge is 0.251 e.